The minimum absolute atomic E-state index is 0.463. The van der Waals surface area contributed by atoms with E-state index in [1.807, 2.05) is 65.4 Å². The van der Waals surface area contributed by atoms with Crippen molar-refractivity contribution in [2.24, 2.45) is 5.16 Å². The van der Waals surface area contributed by atoms with E-state index in [-0.39, 0.29) is 0 Å². The molecule has 4 rings (SSSR count). The van der Waals surface area contributed by atoms with Gasteiger partial charge in [-0.25, -0.2) is 9.78 Å². The van der Waals surface area contributed by atoms with Gasteiger partial charge in [0, 0.05) is 17.1 Å². The Bertz CT molecular complexity index is 1080. The number of aryl methyl sites for hydroxylation is 1. The molecule has 0 spiro atoms. The third-order valence-corrected chi connectivity index (χ3v) is 4.70. The Balaban J connectivity index is 1.62. The molecule has 0 fully saturated rings. The molecule has 0 amide bonds. The van der Waals surface area contributed by atoms with Crippen LogP contribution in [0, 0.1) is 6.92 Å². The van der Waals surface area contributed by atoms with Crippen LogP contribution in [0.25, 0.3) is 16.2 Å². The number of hydrogen-bond acceptors (Lipinski definition) is 5. The van der Waals surface area contributed by atoms with Gasteiger partial charge in [-0.1, -0.05) is 53.2 Å². The zero-order valence-corrected chi connectivity index (χ0v) is 14.8. The predicted molar refractivity (Wildman–Crippen MR) is 103 cm³/mol. The van der Waals surface area contributed by atoms with Gasteiger partial charge in [0.05, 0.1) is 23.2 Å². The lowest BCUT2D eigenvalue weighted by atomic mass is 10.1. The standard InChI is InChI=1S/C20H15N3O2S/c1-14-7-9-16(10-8-14)19(24)25-21-13-17-18(15-5-3-2-4-6-15)22-20-23(17)11-12-26-20/h2-13H,1H3. The molecule has 6 heteroatoms. The highest BCUT2D eigenvalue weighted by Crippen LogP contribution is 2.25. The van der Waals surface area contributed by atoms with E-state index in [1.165, 1.54) is 17.6 Å². The molecule has 4 aromatic rings. The van der Waals surface area contributed by atoms with Crippen LogP contribution in [0.4, 0.5) is 0 Å². The van der Waals surface area contributed by atoms with E-state index in [2.05, 4.69) is 10.1 Å². The average Bonchev–Trinajstić information content (AvgIpc) is 3.25. The summed E-state index contributed by atoms with van der Waals surface area (Å²) in [4.78, 5) is 22.7. The number of carbonyl (C=O) groups excluding carboxylic acids is 1. The van der Waals surface area contributed by atoms with E-state index in [9.17, 15) is 4.79 Å². The number of benzene rings is 2. The van der Waals surface area contributed by atoms with Crippen LogP contribution in [-0.4, -0.2) is 21.6 Å². The SMILES string of the molecule is Cc1ccc(C(=O)ON=Cc2c(-c3ccccc3)nc3sccn23)cc1. The van der Waals surface area contributed by atoms with Gasteiger partial charge in [0.2, 0.25) is 0 Å². The van der Waals surface area contributed by atoms with Gasteiger partial charge in [0.25, 0.3) is 0 Å². The van der Waals surface area contributed by atoms with Crippen molar-refractivity contribution < 1.29 is 9.63 Å². The van der Waals surface area contributed by atoms with Crippen LogP contribution in [0.5, 0.6) is 0 Å². The summed E-state index contributed by atoms with van der Waals surface area (Å²) in [6.45, 7) is 1.96. The van der Waals surface area contributed by atoms with Crippen molar-refractivity contribution in [3.05, 3.63) is 83.0 Å². The fraction of sp³-hybridized carbons (Fsp3) is 0.0500. The molecule has 0 aliphatic carbocycles. The van der Waals surface area contributed by atoms with Gasteiger partial charge < -0.3 is 4.84 Å². The van der Waals surface area contributed by atoms with Crippen molar-refractivity contribution in [1.82, 2.24) is 9.38 Å². The van der Waals surface area contributed by atoms with Crippen molar-refractivity contribution in [2.45, 2.75) is 6.92 Å². The van der Waals surface area contributed by atoms with E-state index in [0.29, 0.717) is 5.56 Å². The summed E-state index contributed by atoms with van der Waals surface area (Å²) in [5.41, 5.74) is 4.09. The van der Waals surface area contributed by atoms with Gasteiger partial charge in [-0.15, -0.1) is 11.3 Å². The van der Waals surface area contributed by atoms with Gasteiger partial charge in [0.1, 0.15) is 0 Å². The molecule has 0 bridgehead atoms. The van der Waals surface area contributed by atoms with Crippen LogP contribution in [-0.2, 0) is 4.84 Å². The molecule has 2 aromatic heterocycles. The smallest absolute Gasteiger partial charge is 0.313 e. The lowest BCUT2D eigenvalue weighted by Gasteiger charge is -2.00. The lowest BCUT2D eigenvalue weighted by Crippen LogP contribution is -2.01. The molecule has 2 aromatic carbocycles. The topological polar surface area (TPSA) is 56.0 Å². The third-order valence-electron chi connectivity index (χ3n) is 3.94. The highest BCUT2D eigenvalue weighted by Gasteiger charge is 2.14. The van der Waals surface area contributed by atoms with E-state index in [4.69, 9.17) is 4.84 Å². The number of oxime groups is 1. The Kier molecular flexibility index (Phi) is 4.33. The summed E-state index contributed by atoms with van der Waals surface area (Å²) in [6, 6.07) is 17.0. The maximum Gasteiger partial charge on any atom is 0.365 e. The fourth-order valence-electron chi connectivity index (χ4n) is 2.60. The molecule has 0 atom stereocenters. The Morgan fingerprint density at radius 1 is 1.15 bits per heavy atom. The third kappa shape index (κ3) is 3.14. The van der Waals surface area contributed by atoms with Crippen molar-refractivity contribution in [1.29, 1.82) is 0 Å². The van der Waals surface area contributed by atoms with Crippen LogP contribution in [0.2, 0.25) is 0 Å². The number of rotatable bonds is 4. The average molecular weight is 361 g/mol. The molecule has 2 heterocycles. The molecule has 0 N–H and O–H groups in total. The first-order valence-electron chi connectivity index (χ1n) is 8.05. The molecule has 0 unspecified atom stereocenters. The minimum atomic E-state index is -0.492. The Hall–Kier alpha value is -3.25. The summed E-state index contributed by atoms with van der Waals surface area (Å²) in [5, 5.41) is 5.85. The van der Waals surface area contributed by atoms with Crippen molar-refractivity contribution >= 4 is 28.5 Å². The largest absolute Gasteiger partial charge is 0.365 e. The number of imidazole rings is 1. The van der Waals surface area contributed by atoms with Crippen molar-refractivity contribution in [2.75, 3.05) is 0 Å². The second kappa shape index (κ2) is 6.93. The maximum absolute atomic E-state index is 12.1. The molecule has 128 valence electrons. The van der Waals surface area contributed by atoms with Gasteiger partial charge in [-0.05, 0) is 19.1 Å². The Morgan fingerprint density at radius 2 is 1.92 bits per heavy atom. The van der Waals surface area contributed by atoms with Crippen LogP contribution in [0.3, 0.4) is 0 Å². The number of fused-ring (bicyclic) bond motifs is 1. The number of carbonyl (C=O) groups is 1. The van der Waals surface area contributed by atoms with Crippen LogP contribution < -0.4 is 0 Å². The first kappa shape index (κ1) is 16.2. The number of thiazole rings is 1. The van der Waals surface area contributed by atoms with E-state index in [1.54, 1.807) is 12.1 Å². The second-order valence-corrected chi connectivity index (χ2v) is 6.62. The fourth-order valence-corrected chi connectivity index (χ4v) is 3.32. The second-order valence-electron chi connectivity index (χ2n) is 5.75. The first-order chi connectivity index (χ1) is 12.7. The monoisotopic (exact) mass is 361 g/mol. The lowest BCUT2D eigenvalue weighted by molar-refractivity contribution is 0.0519. The van der Waals surface area contributed by atoms with Gasteiger partial charge in [-0.3, -0.25) is 4.40 Å². The summed E-state index contributed by atoms with van der Waals surface area (Å²) >= 11 is 1.54. The molecule has 0 saturated carbocycles. The first-order valence-corrected chi connectivity index (χ1v) is 8.93. The zero-order chi connectivity index (χ0) is 17.9. The molecule has 0 saturated heterocycles. The molecule has 5 nitrogen and oxygen atoms in total. The minimum Gasteiger partial charge on any atom is -0.313 e. The van der Waals surface area contributed by atoms with E-state index in [0.717, 1.165) is 27.5 Å². The van der Waals surface area contributed by atoms with Crippen LogP contribution in [0.1, 0.15) is 21.6 Å². The van der Waals surface area contributed by atoms with Gasteiger partial charge in [-0.2, -0.15) is 0 Å². The quantitative estimate of drug-likeness (QED) is 0.304. The van der Waals surface area contributed by atoms with Crippen LogP contribution in [0.15, 0.2) is 71.3 Å². The molecular formula is C20H15N3O2S. The highest BCUT2D eigenvalue weighted by molar-refractivity contribution is 7.15. The molecule has 0 radical (unpaired) electrons. The number of hydrogen-bond donors (Lipinski definition) is 0. The number of aromatic nitrogens is 2. The van der Waals surface area contributed by atoms with Gasteiger partial charge in [0.15, 0.2) is 4.96 Å². The van der Waals surface area contributed by atoms with E-state index >= 15 is 0 Å². The normalized spacial score (nSPS) is 11.3. The maximum atomic E-state index is 12.1. The molecule has 0 aliphatic heterocycles. The molecule has 0 aliphatic rings. The zero-order valence-electron chi connectivity index (χ0n) is 14.0. The van der Waals surface area contributed by atoms with E-state index < -0.39 is 5.97 Å². The number of nitrogens with zero attached hydrogens (tertiary/aromatic N) is 3. The Labute approximate surface area is 154 Å². The molecule has 26 heavy (non-hydrogen) atoms. The summed E-state index contributed by atoms with van der Waals surface area (Å²) in [5.74, 6) is -0.492. The summed E-state index contributed by atoms with van der Waals surface area (Å²) in [6.07, 6.45) is 3.45. The summed E-state index contributed by atoms with van der Waals surface area (Å²) in [7, 11) is 0. The highest BCUT2D eigenvalue weighted by atomic mass is 32.1. The Morgan fingerprint density at radius 3 is 2.69 bits per heavy atom. The van der Waals surface area contributed by atoms with Gasteiger partial charge >= 0.3 is 5.97 Å². The summed E-state index contributed by atoms with van der Waals surface area (Å²) < 4.78 is 1.93. The van der Waals surface area contributed by atoms with Crippen LogP contribution >= 0.6 is 11.3 Å². The molecular weight excluding hydrogens is 346 g/mol. The predicted octanol–water partition coefficient (Wildman–Crippen LogP) is 4.56. The van der Waals surface area contributed by atoms with Crippen molar-refractivity contribution in [3.8, 4) is 11.3 Å². The van der Waals surface area contributed by atoms with Crippen molar-refractivity contribution in [3.63, 3.8) is 0 Å².